The molecule has 0 N–H and O–H groups in total. The molecule has 0 unspecified atom stereocenters. The van der Waals surface area contributed by atoms with E-state index in [-0.39, 0.29) is 16.7 Å². The first-order chi connectivity index (χ1) is 8.42. The second-order valence-electron chi connectivity index (χ2n) is 4.77. The fourth-order valence-corrected chi connectivity index (χ4v) is 1.11. The maximum atomic E-state index is 11.4. The predicted molar refractivity (Wildman–Crippen MR) is 69.6 cm³/mol. The summed E-state index contributed by atoms with van der Waals surface area (Å²) in [6.07, 6.45) is 3.44. The molecule has 0 saturated carbocycles. The van der Waals surface area contributed by atoms with Crippen molar-refractivity contribution < 1.29 is 0 Å². The molecule has 0 spiro atoms. The molecule has 92 valence electrons. The number of rotatable bonds is 2. The fraction of sp³-hybridized carbons (Fsp3) is 0.357. The van der Waals surface area contributed by atoms with Crippen LogP contribution in [0.4, 0.5) is 0 Å². The second-order valence-corrected chi connectivity index (χ2v) is 4.77. The molecule has 0 bridgehead atoms. The van der Waals surface area contributed by atoms with Crippen LogP contribution in [0.3, 0.4) is 0 Å². The zero-order valence-corrected chi connectivity index (χ0v) is 10.8. The third-order valence-electron chi connectivity index (χ3n) is 1.91. The van der Waals surface area contributed by atoms with Gasteiger partial charge in [-0.2, -0.15) is 10.4 Å². The van der Waals surface area contributed by atoms with E-state index in [9.17, 15) is 4.79 Å². The number of hydrogen-bond donors (Lipinski definition) is 0. The Bertz CT molecular complexity index is 601. The first-order valence-electron chi connectivity index (χ1n) is 5.58. The van der Waals surface area contributed by atoms with Crippen LogP contribution < -0.4 is 5.56 Å². The van der Waals surface area contributed by atoms with Crippen molar-refractivity contribution >= 4 is 0 Å². The average Bonchev–Trinajstić information content (AvgIpc) is 2.29. The smallest absolute Gasteiger partial charge is 0.267 e. The Hall–Kier alpha value is -2.33. The van der Waals surface area contributed by atoms with E-state index in [4.69, 9.17) is 5.26 Å². The zero-order valence-electron chi connectivity index (χ0n) is 10.8. The van der Waals surface area contributed by atoms with Gasteiger partial charge in [-0.25, -0.2) is 4.68 Å². The van der Waals surface area contributed by atoms with Crippen LogP contribution in [0.5, 0.6) is 0 Å². The lowest BCUT2D eigenvalue weighted by molar-refractivity contribution is 0.571. The third-order valence-corrected chi connectivity index (χ3v) is 1.91. The van der Waals surface area contributed by atoms with Gasteiger partial charge < -0.3 is 0 Å². The highest BCUT2D eigenvalue weighted by atomic mass is 16.1. The lowest BCUT2D eigenvalue weighted by atomic mass is 9.98. The molecule has 0 amide bonds. The summed E-state index contributed by atoms with van der Waals surface area (Å²) in [5.74, 6) is 5.95. The average molecular weight is 241 g/mol. The number of nitrogens with zero attached hydrogens (tertiary/aromatic N) is 3. The minimum atomic E-state index is -0.234. The fourth-order valence-electron chi connectivity index (χ4n) is 1.11. The van der Waals surface area contributed by atoms with Crippen molar-refractivity contribution in [2.24, 2.45) is 5.41 Å². The molecule has 0 radical (unpaired) electrons. The molecule has 4 heteroatoms. The van der Waals surface area contributed by atoms with Crippen LogP contribution in [-0.4, -0.2) is 9.78 Å². The van der Waals surface area contributed by atoms with E-state index in [1.807, 2.05) is 26.8 Å². The molecule has 0 aromatic carbocycles. The number of hydrogen-bond acceptors (Lipinski definition) is 3. The molecule has 1 rings (SSSR count). The molecule has 1 aromatic heterocycles. The molecule has 1 aromatic rings. The van der Waals surface area contributed by atoms with Gasteiger partial charge in [0.05, 0.1) is 6.54 Å². The van der Waals surface area contributed by atoms with Crippen molar-refractivity contribution in [3.05, 3.63) is 40.3 Å². The van der Waals surface area contributed by atoms with Crippen molar-refractivity contribution in [1.29, 1.82) is 5.26 Å². The number of aromatic nitrogens is 2. The van der Waals surface area contributed by atoms with Gasteiger partial charge in [-0.1, -0.05) is 17.9 Å². The summed E-state index contributed by atoms with van der Waals surface area (Å²) < 4.78 is 1.23. The van der Waals surface area contributed by atoms with E-state index in [0.29, 0.717) is 6.54 Å². The molecular weight excluding hydrogens is 226 g/mol. The van der Waals surface area contributed by atoms with E-state index in [1.165, 1.54) is 16.8 Å². The van der Waals surface area contributed by atoms with Gasteiger partial charge in [-0.3, -0.25) is 4.79 Å². The van der Waals surface area contributed by atoms with Crippen molar-refractivity contribution in [3.63, 3.8) is 0 Å². The van der Waals surface area contributed by atoms with Gasteiger partial charge in [-0.05, 0) is 32.9 Å². The van der Waals surface area contributed by atoms with Gasteiger partial charge >= 0.3 is 0 Å². The molecular formula is C14H15N3O. The molecule has 0 aliphatic carbocycles. The lowest BCUT2D eigenvalue weighted by Gasteiger charge is -2.05. The standard InChI is InChI=1S/C14H15N3O/c1-14(2,3)9-5-4-6-10-17-13(18)8-7-12(11-15)16-17/h4,6-8H,10H2,1-3H3/b6-4+. The quantitative estimate of drug-likeness (QED) is 0.741. The molecule has 4 nitrogen and oxygen atoms in total. The molecule has 18 heavy (non-hydrogen) atoms. The highest BCUT2D eigenvalue weighted by Gasteiger charge is 2.02. The van der Waals surface area contributed by atoms with Crippen molar-refractivity contribution in [3.8, 4) is 17.9 Å². The van der Waals surface area contributed by atoms with Gasteiger partial charge in [0.2, 0.25) is 0 Å². The first-order valence-corrected chi connectivity index (χ1v) is 5.58. The Morgan fingerprint density at radius 1 is 1.44 bits per heavy atom. The topological polar surface area (TPSA) is 58.7 Å². The molecule has 0 atom stereocenters. The Morgan fingerprint density at radius 3 is 2.78 bits per heavy atom. The normalized spacial score (nSPS) is 10.8. The van der Waals surface area contributed by atoms with Gasteiger partial charge in [-0.15, -0.1) is 0 Å². The maximum Gasteiger partial charge on any atom is 0.267 e. The summed E-state index contributed by atoms with van der Waals surface area (Å²) in [7, 11) is 0. The minimum Gasteiger partial charge on any atom is -0.268 e. The third kappa shape index (κ3) is 4.67. The van der Waals surface area contributed by atoms with Crippen LogP contribution in [0, 0.1) is 28.6 Å². The van der Waals surface area contributed by atoms with Crippen molar-refractivity contribution in [1.82, 2.24) is 9.78 Å². The van der Waals surface area contributed by atoms with Crippen LogP contribution in [-0.2, 0) is 6.54 Å². The van der Waals surface area contributed by atoms with E-state index in [0.717, 1.165) is 0 Å². The van der Waals surface area contributed by atoms with Crippen molar-refractivity contribution in [2.75, 3.05) is 0 Å². The summed E-state index contributed by atoms with van der Waals surface area (Å²) in [6.45, 7) is 6.38. The SMILES string of the molecule is CC(C)(C)C#C/C=C/Cn1nc(C#N)ccc1=O. The summed E-state index contributed by atoms with van der Waals surface area (Å²) in [5.41, 5.74) is -0.0497. The molecule has 0 fully saturated rings. The number of nitriles is 1. The van der Waals surface area contributed by atoms with Crippen molar-refractivity contribution in [2.45, 2.75) is 27.3 Å². The Balaban J connectivity index is 2.75. The minimum absolute atomic E-state index is 0.0415. The van der Waals surface area contributed by atoms with Gasteiger partial charge in [0.1, 0.15) is 6.07 Å². The van der Waals surface area contributed by atoms with Gasteiger partial charge in [0.25, 0.3) is 5.56 Å². The lowest BCUT2D eigenvalue weighted by Crippen LogP contribution is -2.21. The monoisotopic (exact) mass is 241 g/mol. The van der Waals surface area contributed by atoms with Gasteiger partial charge in [0.15, 0.2) is 5.69 Å². The largest absolute Gasteiger partial charge is 0.268 e. The Kier molecular flexibility index (Phi) is 4.45. The molecule has 0 aliphatic rings. The van der Waals surface area contributed by atoms with E-state index < -0.39 is 0 Å². The van der Waals surface area contributed by atoms with Crippen LogP contribution in [0.25, 0.3) is 0 Å². The summed E-state index contributed by atoms with van der Waals surface area (Å²) in [4.78, 5) is 11.4. The summed E-state index contributed by atoms with van der Waals surface area (Å²) in [5, 5.41) is 12.6. The zero-order chi connectivity index (χ0) is 13.6. The summed E-state index contributed by atoms with van der Waals surface area (Å²) >= 11 is 0. The van der Waals surface area contributed by atoms with Crippen LogP contribution >= 0.6 is 0 Å². The molecule has 0 aliphatic heterocycles. The highest BCUT2D eigenvalue weighted by Crippen LogP contribution is 2.09. The van der Waals surface area contributed by atoms with Crippen LogP contribution in [0.1, 0.15) is 26.5 Å². The van der Waals surface area contributed by atoms with E-state index in [2.05, 4.69) is 16.9 Å². The highest BCUT2D eigenvalue weighted by molar-refractivity contribution is 5.19. The second kappa shape index (κ2) is 5.84. The molecule has 0 saturated heterocycles. The van der Waals surface area contributed by atoms with Crippen LogP contribution in [0.2, 0.25) is 0 Å². The maximum absolute atomic E-state index is 11.4. The summed E-state index contributed by atoms with van der Waals surface area (Å²) in [6, 6.07) is 4.63. The Morgan fingerprint density at radius 2 is 2.17 bits per heavy atom. The Labute approximate surface area is 107 Å². The number of allylic oxidation sites excluding steroid dienone is 2. The predicted octanol–water partition coefficient (Wildman–Crippen LogP) is 1.72. The first kappa shape index (κ1) is 13.7. The molecule has 1 heterocycles. The van der Waals surface area contributed by atoms with Gasteiger partial charge in [0, 0.05) is 11.5 Å². The van der Waals surface area contributed by atoms with E-state index in [1.54, 1.807) is 12.2 Å². The van der Waals surface area contributed by atoms with Crippen LogP contribution in [0.15, 0.2) is 29.1 Å². The van der Waals surface area contributed by atoms with E-state index >= 15 is 0 Å².